The molecule has 0 spiro atoms. The minimum absolute atomic E-state index is 0.129. The molecule has 1 heterocycles. The maximum atomic E-state index is 12.3. The van der Waals surface area contributed by atoms with Gasteiger partial charge in [-0.15, -0.1) is 0 Å². The fraction of sp³-hybridized carbons (Fsp3) is 0.176. The number of hydrogen-bond acceptors (Lipinski definition) is 4. The van der Waals surface area contributed by atoms with Crippen molar-refractivity contribution in [2.75, 3.05) is 19.5 Å². The molecule has 3 aromatic rings. The zero-order valence-corrected chi connectivity index (χ0v) is 12.9. The van der Waals surface area contributed by atoms with Crippen molar-refractivity contribution in [2.45, 2.75) is 6.42 Å². The first-order valence-corrected chi connectivity index (χ1v) is 7.13. The maximum absolute atomic E-state index is 12.3. The van der Waals surface area contributed by atoms with Crippen molar-refractivity contribution in [3.05, 3.63) is 48.3 Å². The van der Waals surface area contributed by atoms with E-state index in [0.29, 0.717) is 17.2 Å². The normalized spacial score (nSPS) is 10.5. The molecule has 0 fully saturated rings. The van der Waals surface area contributed by atoms with Crippen LogP contribution in [0.4, 0.5) is 5.69 Å². The van der Waals surface area contributed by atoms with Crippen LogP contribution in [-0.2, 0) is 11.2 Å². The SMILES string of the molecule is COc1ccc(OC)c(NC(=O)Cc2ccc3nc[nH]c3c2)c1. The topological polar surface area (TPSA) is 76.2 Å². The molecule has 1 amide bonds. The van der Waals surface area contributed by atoms with E-state index in [0.717, 1.165) is 16.6 Å². The molecule has 1 aromatic heterocycles. The third-order valence-corrected chi connectivity index (χ3v) is 3.53. The van der Waals surface area contributed by atoms with E-state index >= 15 is 0 Å². The molecule has 0 aliphatic carbocycles. The second-order valence-electron chi connectivity index (χ2n) is 5.05. The Morgan fingerprint density at radius 3 is 2.83 bits per heavy atom. The van der Waals surface area contributed by atoms with Crippen LogP contribution < -0.4 is 14.8 Å². The van der Waals surface area contributed by atoms with Crippen LogP contribution in [0.15, 0.2) is 42.7 Å². The standard InChI is InChI=1S/C17H17N3O3/c1-22-12-4-6-16(23-2)15(9-12)20-17(21)8-11-3-5-13-14(7-11)19-10-18-13/h3-7,9-10H,8H2,1-2H3,(H,18,19)(H,20,21). The predicted molar refractivity (Wildman–Crippen MR) is 88.0 cm³/mol. The number of amides is 1. The lowest BCUT2D eigenvalue weighted by Gasteiger charge is -2.11. The first kappa shape index (κ1) is 14.9. The quantitative estimate of drug-likeness (QED) is 0.759. The highest BCUT2D eigenvalue weighted by Gasteiger charge is 2.10. The van der Waals surface area contributed by atoms with E-state index in [1.807, 2.05) is 18.2 Å². The number of benzene rings is 2. The maximum Gasteiger partial charge on any atom is 0.228 e. The fourth-order valence-corrected chi connectivity index (χ4v) is 2.38. The second kappa shape index (κ2) is 6.39. The summed E-state index contributed by atoms with van der Waals surface area (Å²) in [5.74, 6) is 1.11. The van der Waals surface area contributed by atoms with E-state index in [2.05, 4.69) is 15.3 Å². The van der Waals surface area contributed by atoms with Crippen molar-refractivity contribution in [3.63, 3.8) is 0 Å². The summed E-state index contributed by atoms with van der Waals surface area (Å²) in [6.07, 6.45) is 1.89. The van der Waals surface area contributed by atoms with E-state index in [9.17, 15) is 4.79 Å². The Kier molecular flexibility index (Phi) is 4.14. The molecule has 2 aromatic carbocycles. The largest absolute Gasteiger partial charge is 0.497 e. The molecule has 0 saturated heterocycles. The third kappa shape index (κ3) is 3.26. The molecule has 0 aliphatic heterocycles. The molecule has 0 bridgehead atoms. The van der Waals surface area contributed by atoms with Gasteiger partial charge in [0.1, 0.15) is 11.5 Å². The summed E-state index contributed by atoms with van der Waals surface area (Å²) in [6, 6.07) is 11.0. The van der Waals surface area contributed by atoms with Crippen molar-refractivity contribution in [3.8, 4) is 11.5 Å². The van der Waals surface area contributed by atoms with Gasteiger partial charge in [0.05, 0.1) is 43.7 Å². The zero-order valence-electron chi connectivity index (χ0n) is 12.9. The Labute approximate surface area is 133 Å². The number of nitrogens with zero attached hydrogens (tertiary/aromatic N) is 1. The summed E-state index contributed by atoms with van der Waals surface area (Å²) in [6.45, 7) is 0. The van der Waals surface area contributed by atoms with Gasteiger partial charge in [0, 0.05) is 6.07 Å². The van der Waals surface area contributed by atoms with E-state index in [4.69, 9.17) is 9.47 Å². The lowest BCUT2D eigenvalue weighted by Crippen LogP contribution is -2.15. The van der Waals surface area contributed by atoms with Crippen molar-refractivity contribution in [1.82, 2.24) is 9.97 Å². The molecule has 0 radical (unpaired) electrons. The number of aromatic nitrogens is 2. The van der Waals surface area contributed by atoms with Gasteiger partial charge in [-0.1, -0.05) is 6.07 Å². The molecule has 0 saturated carbocycles. The Morgan fingerprint density at radius 2 is 2.04 bits per heavy atom. The first-order valence-electron chi connectivity index (χ1n) is 7.13. The number of ether oxygens (including phenoxy) is 2. The minimum atomic E-state index is -0.129. The molecule has 23 heavy (non-hydrogen) atoms. The van der Waals surface area contributed by atoms with Crippen molar-refractivity contribution in [2.24, 2.45) is 0 Å². The molecular weight excluding hydrogens is 294 g/mol. The monoisotopic (exact) mass is 311 g/mol. The van der Waals surface area contributed by atoms with E-state index < -0.39 is 0 Å². The molecule has 118 valence electrons. The number of H-pyrrole nitrogens is 1. The number of rotatable bonds is 5. The number of carbonyl (C=O) groups is 1. The van der Waals surface area contributed by atoms with Crippen LogP contribution in [0, 0.1) is 0 Å². The Balaban J connectivity index is 1.76. The van der Waals surface area contributed by atoms with Crippen LogP contribution >= 0.6 is 0 Å². The lowest BCUT2D eigenvalue weighted by atomic mass is 10.1. The molecule has 0 aliphatic rings. The molecule has 6 heteroatoms. The molecule has 6 nitrogen and oxygen atoms in total. The number of carbonyl (C=O) groups excluding carboxylic acids is 1. The van der Waals surface area contributed by atoms with E-state index in [-0.39, 0.29) is 12.3 Å². The van der Waals surface area contributed by atoms with Gasteiger partial charge in [-0.05, 0) is 29.8 Å². The first-order chi connectivity index (χ1) is 11.2. The minimum Gasteiger partial charge on any atom is -0.497 e. The van der Waals surface area contributed by atoms with E-state index in [1.54, 1.807) is 38.7 Å². The van der Waals surface area contributed by atoms with E-state index in [1.165, 1.54) is 0 Å². The number of anilines is 1. The summed E-state index contributed by atoms with van der Waals surface area (Å²) in [5, 5.41) is 2.86. The number of imidazole rings is 1. The van der Waals surface area contributed by atoms with Gasteiger partial charge in [-0.3, -0.25) is 4.79 Å². The van der Waals surface area contributed by atoms with Gasteiger partial charge >= 0.3 is 0 Å². The highest BCUT2D eigenvalue weighted by molar-refractivity contribution is 5.94. The Bertz CT molecular complexity index is 842. The highest BCUT2D eigenvalue weighted by Crippen LogP contribution is 2.29. The zero-order chi connectivity index (χ0) is 16.2. The van der Waals surface area contributed by atoms with Crippen LogP contribution in [-0.4, -0.2) is 30.1 Å². The van der Waals surface area contributed by atoms with Gasteiger partial charge in [-0.25, -0.2) is 4.98 Å². The molecule has 2 N–H and O–H groups in total. The summed E-state index contributed by atoms with van der Waals surface area (Å²) < 4.78 is 10.4. The third-order valence-electron chi connectivity index (χ3n) is 3.53. The predicted octanol–water partition coefficient (Wildman–Crippen LogP) is 2.76. The highest BCUT2D eigenvalue weighted by atomic mass is 16.5. The van der Waals surface area contributed by atoms with Crippen LogP contribution in [0.1, 0.15) is 5.56 Å². The number of aromatic amines is 1. The van der Waals surface area contributed by atoms with Gasteiger partial charge in [-0.2, -0.15) is 0 Å². The summed E-state index contributed by atoms with van der Waals surface area (Å²) in [5.41, 5.74) is 3.28. The van der Waals surface area contributed by atoms with Crippen molar-refractivity contribution < 1.29 is 14.3 Å². The number of methoxy groups -OCH3 is 2. The van der Waals surface area contributed by atoms with Crippen molar-refractivity contribution >= 4 is 22.6 Å². The molecular formula is C17H17N3O3. The van der Waals surface area contributed by atoms with Gasteiger partial charge in [0.25, 0.3) is 0 Å². The van der Waals surface area contributed by atoms with Crippen LogP contribution in [0.25, 0.3) is 11.0 Å². The number of hydrogen-bond donors (Lipinski definition) is 2. The van der Waals surface area contributed by atoms with Crippen LogP contribution in [0.2, 0.25) is 0 Å². The van der Waals surface area contributed by atoms with Gasteiger partial charge in [0.15, 0.2) is 0 Å². The number of fused-ring (bicyclic) bond motifs is 1. The van der Waals surface area contributed by atoms with Gasteiger partial charge in [0.2, 0.25) is 5.91 Å². The summed E-state index contributed by atoms with van der Waals surface area (Å²) >= 11 is 0. The fourth-order valence-electron chi connectivity index (χ4n) is 2.38. The van der Waals surface area contributed by atoms with Crippen LogP contribution in [0.5, 0.6) is 11.5 Å². The molecule has 0 unspecified atom stereocenters. The summed E-state index contributed by atoms with van der Waals surface area (Å²) in [7, 11) is 3.14. The average molecular weight is 311 g/mol. The van der Waals surface area contributed by atoms with Crippen molar-refractivity contribution in [1.29, 1.82) is 0 Å². The lowest BCUT2D eigenvalue weighted by molar-refractivity contribution is -0.115. The molecule has 0 atom stereocenters. The Hall–Kier alpha value is -3.02. The van der Waals surface area contributed by atoms with Gasteiger partial charge < -0.3 is 19.8 Å². The summed E-state index contributed by atoms with van der Waals surface area (Å²) in [4.78, 5) is 19.5. The second-order valence-corrected chi connectivity index (χ2v) is 5.05. The van der Waals surface area contributed by atoms with Crippen LogP contribution in [0.3, 0.4) is 0 Å². The Morgan fingerprint density at radius 1 is 1.17 bits per heavy atom. The smallest absolute Gasteiger partial charge is 0.228 e. The number of nitrogens with one attached hydrogen (secondary N) is 2. The molecule has 3 rings (SSSR count). The average Bonchev–Trinajstić information content (AvgIpc) is 3.02.